The van der Waals surface area contributed by atoms with Crippen molar-refractivity contribution in [2.75, 3.05) is 5.75 Å². The fourth-order valence-electron chi connectivity index (χ4n) is 3.39. The van der Waals surface area contributed by atoms with Crippen LogP contribution >= 0.6 is 0 Å². The standard InChI is InChI=1S/C20H16F5N5O2S/c1-2-33(31,32)16-6-13(18(10-26)3-4-18)8-28-17(16)14-5-12-7-29-30(15(12)9-27-14)11-19(21,22)20(23,24)25/h5-9H,2-4,11H2,1H3. The molecule has 0 atom stereocenters. The van der Waals surface area contributed by atoms with Crippen LogP contribution in [0.3, 0.4) is 0 Å². The minimum absolute atomic E-state index is 0.00962. The van der Waals surface area contributed by atoms with E-state index in [1.54, 1.807) is 0 Å². The minimum atomic E-state index is -5.74. The van der Waals surface area contributed by atoms with Gasteiger partial charge in [0.2, 0.25) is 0 Å². The molecule has 0 aliphatic heterocycles. The molecule has 0 amide bonds. The molecular weight excluding hydrogens is 469 g/mol. The Hall–Kier alpha value is -3.14. The Morgan fingerprint density at radius 2 is 1.82 bits per heavy atom. The Bertz CT molecular complexity index is 1390. The van der Waals surface area contributed by atoms with Crippen molar-refractivity contribution in [3.8, 4) is 17.5 Å². The van der Waals surface area contributed by atoms with Gasteiger partial charge in [0.25, 0.3) is 0 Å². The van der Waals surface area contributed by atoms with Gasteiger partial charge in [-0.25, -0.2) is 8.42 Å². The van der Waals surface area contributed by atoms with Crippen LogP contribution in [0.15, 0.2) is 35.6 Å². The molecule has 3 heterocycles. The summed E-state index contributed by atoms with van der Waals surface area (Å²) in [6, 6.07) is 4.90. The lowest BCUT2D eigenvalue weighted by molar-refractivity contribution is -0.287. The molecule has 174 valence electrons. The third kappa shape index (κ3) is 3.92. The van der Waals surface area contributed by atoms with Gasteiger partial charge in [-0.3, -0.25) is 14.6 Å². The summed E-state index contributed by atoms with van der Waals surface area (Å²) < 4.78 is 90.5. The molecule has 3 aromatic heterocycles. The number of halogens is 5. The molecule has 3 aromatic rings. The molecule has 0 aromatic carbocycles. The van der Waals surface area contributed by atoms with Crippen LogP contribution in [0.5, 0.6) is 0 Å². The van der Waals surface area contributed by atoms with E-state index in [1.165, 1.54) is 25.3 Å². The second-order valence-corrected chi connectivity index (χ2v) is 10.0. The number of sulfone groups is 1. The van der Waals surface area contributed by atoms with E-state index < -0.39 is 33.9 Å². The summed E-state index contributed by atoms with van der Waals surface area (Å²) in [5.74, 6) is -5.23. The summed E-state index contributed by atoms with van der Waals surface area (Å²) in [5, 5.41) is 13.2. The maximum absolute atomic E-state index is 13.5. The average molecular weight is 485 g/mol. The van der Waals surface area contributed by atoms with E-state index >= 15 is 0 Å². The summed E-state index contributed by atoms with van der Waals surface area (Å²) in [6.45, 7) is -0.274. The van der Waals surface area contributed by atoms with Crippen molar-refractivity contribution in [2.24, 2.45) is 0 Å². The Balaban J connectivity index is 1.79. The Kier molecular flexibility index (Phi) is 5.19. The molecule has 0 N–H and O–H groups in total. The molecule has 13 heteroatoms. The third-order valence-electron chi connectivity index (χ3n) is 5.62. The van der Waals surface area contributed by atoms with Crippen molar-refractivity contribution >= 4 is 20.7 Å². The van der Waals surface area contributed by atoms with Crippen LogP contribution in [0.25, 0.3) is 22.3 Å². The smallest absolute Gasteiger partial charge is 0.257 e. The first-order valence-electron chi connectivity index (χ1n) is 9.74. The van der Waals surface area contributed by atoms with Gasteiger partial charge in [0.05, 0.1) is 45.7 Å². The van der Waals surface area contributed by atoms with Gasteiger partial charge >= 0.3 is 12.1 Å². The fraction of sp³-hybridized carbons (Fsp3) is 0.400. The summed E-state index contributed by atoms with van der Waals surface area (Å²) in [7, 11) is -3.79. The van der Waals surface area contributed by atoms with Crippen LogP contribution in [0, 0.1) is 11.3 Å². The maximum Gasteiger partial charge on any atom is 0.455 e. The van der Waals surface area contributed by atoms with Crippen LogP contribution in [-0.4, -0.2) is 46.0 Å². The fourth-order valence-corrected chi connectivity index (χ4v) is 4.46. The topological polar surface area (TPSA) is 102 Å². The zero-order chi connectivity index (χ0) is 24.2. The van der Waals surface area contributed by atoms with Gasteiger partial charge in [0.15, 0.2) is 9.84 Å². The zero-order valence-electron chi connectivity index (χ0n) is 17.1. The molecule has 0 spiro atoms. The maximum atomic E-state index is 13.5. The van der Waals surface area contributed by atoms with Gasteiger partial charge < -0.3 is 0 Å². The van der Waals surface area contributed by atoms with Crippen LogP contribution in [0.2, 0.25) is 0 Å². The third-order valence-corrected chi connectivity index (χ3v) is 7.36. The Morgan fingerprint density at radius 3 is 2.39 bits per heavy atom. The molecule has 0 saturated heterocycles. The second kappa shape index (κ2) is 7.44. The van der Waals surface area contributed by atoms with Crippen LogP contribution < -0.4 is 0 Å². The van der Waals surface area contributed by atoms with E-state index in [0.29, 0.717) is 23.1 Å². The van der Waals surface area contributed by atoms with Crippen molar-refractivity contribution in [1.82, 2.24) is 19.7 Å². The number of rotatable bonds is 6. The number of nitrogens with zero attached hydrogens (tertiary/aromatic N) is 5. The SMILES string of the molecule is CCS(=O)(=O)c1cc(C2(C#N)CC2)cnc1-c1cc2cnn(CC(F)(F)C(F)(F)F)c2cn1. The molecule has 4 rings (SSSR count). The van der Waals surface area contributed by atoms with Gasteiger partial charge in [0.1, 0.15) is 12.2 Å². The quantitative estimate of drug-likeness (QED) is 0.489. The normalized spacial score (nSPS) is 16.0. The molecule has 1 fully saturated rings. The highest BCUT2D eigenvalue weighted by Gasteiger charge is 2.58. The van der Waals surface area contributed by atoms with Gasteiger partial charge in [-0.1, -0.05) is 6.92 Å². The Labute approximate surface area is 184 Å². The van der Waals surface area contributed by atoms with Crippen LogP contribution in [0.1, 0.15) is 25.3 Å². The molecule has 33 heavy (non-hydrogen) atoms. The number of hydrogen-bond acceptors (Lipinski definition) is 6. The number of alkyl halides is 5. The van der Waals surface area contributed by atoms with Gasteiger partial charge in [-0.15, -0.1) is 0 Å². The monoisotopic (exact) mass is 485 g/mol. The van der Waals surface area contributed by atoms with Crippen molar-refractivity contribution in [3.05, 3.63) is 36.3 Å². The molecular formula is C20H16F5N5O2S. The number of aromatic nitrogens is 4. The molecule has 7 nitrogen and oxygen atoms in total. The minimum Gasteiger partial charge on any atom is -0.257 e. The van der Waals surface area contributed by atoms with E-state index in [0.717, 1.165) is 12.4 Å². The molecule has 1 aliphatic rings. The first kappa shape index (κ1) is 23.0. The van der Waals surface area contributed by atoms with E-state index in [-0.39, 0.29) is 32.9 Å². The van der Waals surface area contributed by atoms with E-state index in [9.17, 15) is 35.6 Å². The van der Waals surface area contributed by atoms with Crippen molar-refractivity contribution < 1.29 is 30.4 Å². The van der Waals surface area contributed by atoms with E-state index in [2.05, 4.69) is 21.1 Å². The number of pyridine rings is 2. The van der Waals surface area contributed by atoms with E-state index in [1.807, 2.05) is 0 Å². The van der Waals surface area contributed by atoms with Crippen molar-refractivity contribution in [1.29, 1.82) is 5.26 Å². The largest absolute Gasteiger partial charge is 0.455 e. The number of fused-ring (bicyclic) bond motifs is 1. The summed E-state index contributed by atoms with van der Waals surface area (Å²) in [5.41, 5.74) is -0.314. The van der Waals surface area contributed by atoms with Gasteiger partial charge in [0, 0.05) is 11.6 Å². The molecule has 0 radical (unpaired) electrons. The van der Waals surface area contributed by atoms with E-state index in [4.69, 9.17) is 0 Å². The molecule has 1 saturated carbocycles. The molecule has 0 unspecified atom stereocenters. The van der Waals surface area contributed by atoms with Gasteiger partial charge in [-0.05, 0) is 30.5 Å². The average Bonchev–Trinajstić information content (AvgIpc) is 3.48. The van der Waals surface area contributed by atoms with Gasteiger partial charge in [-0.2, -0.15) is 32.3 Å². The molecule has 1 aliphatic carbocycles. The van der Waals surface area contributed by atoms with Crippen molar-refractivity contribution in [3.63, 3.8) is 0 Å². The first-order valence-corrected chi connectivity index (χ1v) is 11.4. The predicted molar refractivity (Wildman–Crippen MR) is 106 cm³/mol. The predicted octanol–water partition coefficient (Wildman–Crippen LogP) is 4.04. The molecule has 0 bridgehead atoms. The number of hydrogen-bond donors (Lipinski definition) is 0. The highest BCUT2D eigenvalue weighted by atomic mass is 32.2. The summed E-state index contributed by atoms with van der Waals surface area (Å²) >= 11 is 0. The highest BCUT2D eigenvalue weighted by Crippen LogP contribution is 2.48. The number of nitriles is 1. The Morgan fingerprint density at radius 1 is 1.12 bits per heavy atom. The summed E-state index contributed by atoms with van der Waals surface area (Å²) in [6.07, 6.45) is -1.04. The lowest BCUT2D eigenvalue weighted by Gasteiger charge is -2.19. The zero-order valence-corrected chi connectivity index (χ0v) is 17.9. The van der Waals surface area contributed by atoms with Crippen LogP contribution in [-0.2, 0) is 21.8 Å². The van der Waals surface area contributed by atoms with Crippen LogP contribution in [0.4, 0.5) is 22.0 Å². The first-order chi connectivity index (χ1) is 15.3. The second-order valence-electron chi connectivity index (χ2n) is 7.80. The summed E-state index contributed by atoms with van der Waals surface area (Å²) in [4.78, 5) is 8.16. The highest BCUT2D eigenvalue weighted by molar-refractivity contribution is 7.91. The lowest BCUT2D eigenvalue weighted by Crippen LogP contribution is -2.40. The lowest BCUT2D eigenvalue weighted by atomic mass is 9.99. The van der Waals surface area contributed by atoms with Crippen molar-refractivity contribution in [2.45, 2.75) is 48.7 Å².